The lowest BCUT2D eigenvalue weighted by Gasteiger charge is -2.02. The lowest BCUT2D eigenvalue weighted by atomic mass is 10.1. The molecule has 0 saturated heterocycles. The van der Waals surface area contributed by atoms with Crippen LogP contribution in [0.4, 0.5) is 0 Å². The normalized spacial score (nSPS) is 9.31. The Kier molecular flexibility index (Phi) is 4.23. The third-order valence-electron chi connectivity index (χ3n) is 1.77. The van der Waals surface area contributed by atoms with E-state index in [-0.39, 0.29) is 12.2 Å². The minimum atomic E-state index is -0.883. The van der Waals surface area contributed by atoms with Crippen LogP contribution in [0.15, 0.2) is 36.9 Å². The summed E-state index contributed by atoms with van der Waals surface area (Å²) in [5.41, 5.74) is 0.444. The van der Waals surface area contributed by atoms with E-state index in [0.717, 1.165) is 0 Å². The van der Waals surface area contributed by atoms with Crippen molar-refractivity contribution in [3.8, 4) is 0 Å². The largest absolute Gasteiger partial charge is 0.458 e. The first-order valence-corrected chi connectivity index (χ1v) is 4.43. The maximum atomic E-state index is 11.3. The highest BCUT2D eigenvalue weighted by Crippen LogP contribution is 2.07. The van der Waals surface area contributed by atoms with E-state index < -0.39 is 11.9 Å². The van der Waals surface area contributed by atoms with Crippen LogP contribution in [0.1, 0.15) is 20.7 Å². The van der Waals surface area contributed by atoms with Crippen molar-refractivity contribution in [2.24, 2.45) is 0 Å². The molecule has 0 aliphatic rings. The summed E-state index contributed by atoms with van der Waals surface area (Å²) in [4.78, 5) is 25.7. The van der Waals surface area contributed by atoms with Crippen molar-refractivity contribution < 1.29 is 24.5 Å². The highest BCUT2D eigenvalue weighted by atomic mass is 17.1. The Balaban J connectivity index is 2.74. The Hall–Kier alpha value is -2.14. The number of hydrogen-bond donors (Lipinski definition) is 1. The van der Waals surface area contributed by atoms with Crippen LogP contribution in [-0.2, 0) is 9.62 Å². The first-order valence-electron chi connectivity index (χ1n) is 4.43. The van der Waals surface area contributed by atoms with Gasteiger partial charge in [0.1, 0.15) is 6.61 Å². The Labute approximate surface area is 91.8 Å². The van der Waals surface area contributed by atoms with E-state index in [4.69, 9.17) is 9.99 Å². The second-order valence-electron chi connectivity index (χ2n) is 2.84. The fourth-order valence-corrected chi connectivity index (χ4v) is 1.01. The van der Waals surface area contributed by atoms with Crippen LogP contribution in [-0.4, -0.2) is 23.8 Å². The Bertz CT molecular complexity index is 393. The van der Waals surface area contributed by atoms with Crippen molar-refractivity contribution in [1.29, 1.82) is 0 Å². The molecule has 1 N–H and O–H groups in total. The van der Waals surface area contributed by atoms with Gasteiger partial charge in [0.05, 0.1) is 11.1 Å². The van der Waals surface area contributed by atoms with Crippen LogP contribution in [0.3, 0.4) is 0 Å². The molecule has 0 aliphatic carbocycles. The van der Waals surface area contributed by atoms with E-state index in [1.165, 1.54) is 30.3 Å². The molecule has 1 aromatic carbocycles. The van der Waals surface area contributed by atoms with Crippen molar-refractivity contribution in [2.75, 3.05) is 6.61 Å². The number of hydrogen-bond acceptors (Lipinski definition) is 5. The van der Waals surface area contributed by atoms with Crippen molar-refractivity contribution >= 4 is 11.9 Å². The number of esters is 1. The molecule has 0 bridgehead atoms. The summed E-state index contributed by atoms with van der Waals surface area (Å²) < 4.78 is 4.78. The van der Waals surface area contributed by atoms with Crippen LogP contribution >= 0.6 is 0 Å². The molecular formula is C11H10O5. The fourth-order valence-electron chi connectivity index (χ4n) is 1.01. The number of carbonyl (C=O) groups is 2. The predicted molar refractivity (Wildman–Crippen MR) is 55.0 cm³/mol. The van der Waals surface area contributed by atoms with Gasteiger partial charge >= 0.3 is 11.9 Å². The molecule has 84 valence electrons. The summed E-state index contributed by atoms with van der Waals surface area (Å²) in [6, 6.07) is 5.50. The van der Waals surface area contributed by atoms with Crippen LogP contribution in [0.2, 0.25) is 0 Å². The van der Waals surface area contributed by atoms with Crippen molar-refractivity contribution in [3.05, 3.63) is 48.0 Å². The Morgan fingerprint density at radius 3 is 2.12 bits per heavy atom. The molecule has 0 radical (unpaired) electrons. The SMILES string of the molecule is C=CCOC(=O)c1ccc(C(=O)OO)cc1. The number of carbonyl (C=O) groups excluding carboxylic acids is 2. The maximum absolute atomic E-state index is 11.3. The topological polar surface area (TPSA) is 72.8 Å². The van der Waals surface area contributed by atoms with E-state index >= 15 is 0 Å². The van der Waals surface area contributed by atoms with E-state index in [1.807, 2.05) is 0 Å². The molecule has 0 fully saturated rings. The van der Waals surface area contributed by atoms with Gasteiger partial charge < -0.3 is 4.74 Å². The van der Waals surface area contributed by atoms with Gasteiger partial charge in [-0.1, -0.05) is 12.7 Å². The third kappa shape index (κ3) is 2.93. The molecule has 0 aromatic heterocycles. The Morgan fingerprint density at radius 1 is 1.19 bits per heavy atom. The first kappa shape index (κ1) is 11.9. The molecule has 0 atom stereocenters. The minimum absolute atomic E-state index is 0.124. The van der Waals surface area contributed by atoms with Crippen LogP contribution in [0, 0.1) is 0 Å². The highest BCUT2D eigenvalue weighted by molar-refractivity contribution is 5.93. The number of ether oxygens (including phenoxy) is 1. The number of rotatable bonds is 4. The van der Waals surface area contributed by atoms with E-state index in [9.17, 15) is 9.59 Å². The van der Waals surface area contributed by atoms with E-state index in [1.54, 1.807) is 0 Å². The second kappa shape index (κ2) is 5.67. The van der Waals surface area contributed by atoms with Gasteiger partial charge in [0.15, 0.2) is 0 Å². The summed E-state index contributed by atoms with van der Waals surface area (Å²) in [5.74, 6) is -1.39. The van der Waals surface area contributed by atoms with Gasteiger partial charge in [0.2, 0.25) is 0 Å². The standard InChI is InChI=1S/C11H10O5/c1-2-7-15-10(12)8-3-5-9(6-4-8)11(13)16-14/h2-6,14H,1,7H2. The van der Waals surface area contributed by atoms with E-state index in [0.29, 0.717) is 5.56 Å². The summed E-state index contributed by atoms with van der Waals surface area (Å²) in [5, 5.41) is 8.13. The van der Waals surface area contributed by atoms with Crippen molar-refractivity contribution in [3.63, 3.8) is 0 Å². The zero-order valence-corrected chi connectivity index (χ0v) is 8.38. The molecule has 0 saturated carbocycles. The zero-order chi connectivity index (χ0) is 12.0. The average molecular weight is 222 g/mol. The molecule has 16 heavy (non-hydrogen) atoms. The molecule has 0 aliphatic heterocycles. The predicted octanol–water partition coefficient (Wildman–Crippen LogP) is 1.66. The quantitative estimate of drug-likeness (QED) is 0.363. The molecule has 1 aromatic rings. The zero-order valence-electron chi connectivity index (χ0n) is 8.38. The molecule has 0 amide bonds. The summed E-state index contributed by atoms with van der Waals surface area (Å²) >= 11 is 0. The van der Waals surface area contributed by atoms with Gasteiger partial charge in [-0.15, -0.1) is 0 Å². The molecule has 5 heteroatoms. The maximum Gasteiger partial charge on any atom is 0.372 e. The van der Waals surface area contributed by atoms with Gasteiger partial charge in [-0.3, -0.25) is 4.89 Å². The first-order chi connectivity index (χ1) is 7.69. The van der Waals surface area contributed by atoms with Crippen molar-refractivity contribution in [1.82, 2.24) is 0 Å². The summed E-state index contributed by atoms with van der Waals surface area (Å²) in [7, 11) is 0. The molecular weight excluding hydrogens is 212 g/mol. The summed E-state index contributed by atoms with van der Waals surface area (Å²) in [6.45, 7) is 3.53. The van der Waals surface area contributed by atoms with E-state index in [2.05, 4.69) is 11.5 Å². The lowest BCUT2D eigenvalue weighted by molar-refractivity contribution is -0.182. The molecule has 0 unspecified atom stereocenters. The molecule has 0 heterocycles. The van der Waals surface area contributed by atoms with Crippen molar-refractivity contribution in [2.45, 2.75) is 0 Å². The third-order valence-corrected chi connectivity index (χ3v) is 1.77. The monoisotopic (exact) mass is 222 g/mol. The summed E-state index contributed by atoms with van der Waals surface area (Å²) in [6.07, 6.45) is 1.45. The average Bonchev–Trinajstić information content (AvgIpc) is 2.35. The lowest BCUT2D eigenvalue weighted by Crippen LogP contribution is -2.06. The molecule has 1 rings (SSSR count). The van der Waals surface area contributed by atoms with Gasteiger partial charge in [0, 0.05) is 0 Å². The molecule has 0 spiro atoms. The Morgan fingerprint density at radius 2 is 1.69 bits per heavy atom. The smallest absolute Gasteiger partial charge is 0.372 e. The van der Waals surface area contributed by atoms with Gasteiger partial charge in [0.25, 0.3) is 0 Å². The van der Waals surface area contributed by atoms with Crippen LogP contribution in [0.5, 0.6) is 0 Å². The number of benzene rings is 1. The second-order valence-corrected chi connectivity index (χ2v) is 2.84. The van der Waals surface area contributed by atoms with Gasteiger partial charge in [-0.2, -0.15) is 5.26 Å². The highest BCUT2D eigenvalue weighted by Gasteiger charge is 2.09. The minimum Gasteiger partial charge on any atom is -0.458 e. The van der Waals surface area contributed by atoms with Gasteiger partial charge in [-0.25, -0.2) is 9.59 Å². The molecule has 5 nitrogen and oxygen atoms in total. The van der Waals surface area contributed by atoms with Crippen LogP contribution in [0.25, 0.3) is 0 Å². The van der Waals surface area contributed by atoms with Crippen LogP contribution < -0.4 is 0 Å². The fraction of sp³-hybridized carbons (Fsp3) is 0.0909. The van der Waals surface area contributed by atoms with Gasteiger partial charge in [-0.05, 0) is 24.3 Å².